The average molecular weight is 261 g/mol. The van der Waals surface area contributed by atoms with Crippen LogP contribution >= 0.6 is 0 Å². The summed E-state index contributed by atoms with van der Waals surface area (Å²) in [6.07, 6.45) is 3.08. The van der Waals surface area contributed by atoms with E-state index in [0.29, 0.717) is 6.04 Å². The molecular formula is C16H23NO2. The molecule has 0 fully saturated rings. The van der Waals surface area contributed by atoms with E-state index >= 15 is 0 Å². The Kier molecular flexibility index (Phi) is 4.25. The molecule has 0 bridgehead atoms. The SMILES string of the molecule is CCC(C)N(CC(=O)O)C1CCc2ccc(C)cc21. The van der Waals surface area contributed by atoms with E-state index in [-0.39, 0.29) is 12.6 Å². The van der Waals surface area contributed by atoms with Gasteiger partial charge in [0.1, 0.15) is 0 Å². The largest absolute Gasteiger partial charge is 0.480 e. The minimum absolute atomic E-state index is 0.132. The van der Waals surface area contributed by atoms with Gasteiger partial charge in [0, 0.05) is 12.1 Å². The molecule has 0 saturated heterocycles. The third kappa shape index (κ3) is 2.98. The number of fused-ring (bicyclic) bond motifs is 1. The summed E-state index contributed by atoms with van der Waals surface area (Å²) in [5.41, 5.74) is 3.97. The Morgan fingerprint density at radius 2 is 2.26 bits per heavy atom. The fraction of sp³-hybridized carbons (Fsp3) is 0.562. The molecule has 104 valence electrons. The third-order valence-corrected chi connectivity index (χ3v) is 4.22. The Balaban J connectivity index is 2.29. The van der Waals surface area contributed by atoms with Gasteiger partial charge in [0.2, 0.25) is 0 Å². The number of benzene rings is 1. The van der Waals surface area contributed by atoms with Gasteiger partial charge in [-0.3, -0.25) is 9.69 Å². The molecule has 2 rings (SSSR count). The van der Waals surface area contributed by atoms with Crippen molar-refractivity contribution in [1.29, 1.82) is 0 Å². The quantitative estimate of drug-likeness (QED) is 0.885. The maximum Gasteiger partial charge on any atom is 0.317 e. The first-order chi connectivity index (χ1) is 9.02. The van der Waals surface area contributed by atoms with Crippen molar-refractivity contribution in [2.75, 3.05) is 6.54 Å². The molecule has 0 saturated carbocycles. The maximum absolute atomic E-state index is 11.1. The molecule has 0 heterocycles. The van der Waals surface area contributed by atoms with Crippen LogP contribution in [0.2, 0.25) is 0 Å². The lowest BCUT2D eigenvalue weighted by Crippen LogP contribution is -2.39. The molecule has 1 aromatic rings. The number of rotatable bonds is 5. The molecule has 3 heteroatoms. The van der Waals surface area contributed by atoms with E-state index in [9.17, 15) is 4.79 Å². The fourth-order valence-electron chi connectivity index (χ4n) is 3.01. The van der Waals surface area contributed by atoms with E-state index in [1.807, 2.05) is 0 Å². The molecule has 0 aliphatic heterocycles. The van der Waals surface area contributed by atoms with Gasteiger partial charge in [-0.2, -0.15) is 0 Å². The van der Waals surface area contributed by atoms with Crippen LogP contribution in [0, 0.1) is 6.92 Å². The Morgan fingerprint density at radius 1 is 1.53 bits per heavy atom. The van der Waals surface area contributed by atoms with Crippen LogP contribution in [0.3, 0.4) is 0 Å². The summed E-state index contributed by atoms with van der Waals surface area (Å²) in [5, 5.41) is 9.15. The smallest absolute Gasteiger partial charge is 0.317 e. The van der Waals surface area contributed by atoms with Crippen molar-refractivity contribution >= 4 is 5.97 Å². The van der Waals surface area contributed by atoms with Crippen LogP contribution in [0.15, 0.2) is 18.2 Å². The van der Waals surface area contributed by atoms with E-state index in [1.165, 1.54) is 16.7 Å². The number of aryl methyl sites for hydroxylation is 2. The van der Waals surface area contributed by atoms with Crippen LogP contribution in [0.4, 0.5) is 0 Å². The zero-order valence-electron chi connectivity index (χ0n) is 12.0. The molecule has 0 spiro atoms. The minimum Gasteiger partial charge on any atom is -0.480 e. The topological polar surface area (TPSA) is 40.5 Å². The van der Waals surface area contributed by atoms with Crippen LogP contribution in [0.25, 0.3) is 0 Å². The van der Waals surface area contributed by atoms with Gasteiger partial charge in [-0.1, -0.05) is 30.7 Å². The van der Waals surface area contributed by atoms with Crippen LogP contribution in [0.1, 0.15) is 49.4 Å². The minimum atomic E-state index is -0.735. The Hall–Kier alpha value is -1.35. The molecule has 0 aromatic heterocycles. The second-order valence-electron chi connectivity index (χ2n) is 5.58. The molecule has 3 nitrogen and oxygen atoms in total. The van der Waals surface area contributed by atoms with Gasteiger partial charge in [0.15, 0.2) is 0 Å². The van der Waals surface area contributed by atoms with E-state index in [4.69, 9.17) is 5.11 Å². The molecule has 1 aliphatic carbocycles. The van der Waals surface area contributed by atoms with Crippen molar-refractivity contribution in [2.24, 2.45) is 0 Å². The first kappa shape index (κ1) is 14.1. The Bertz CT molecular complexity index is 470. The first-order valence-electron chi connectivity index (χ1n) is 7.10. The van der Waals surface area contributed by atoms with Gasteiger partial charge in [-0.15, -0.1) is 0 Å². The van der Waals surface area contributed by atoms with Crippen LogP contribution < -0.4 is 0 Å². The first-order valence-corrected chi connectivity index (χ1v) is 7.10. The zero-order chi connectivity index (χ0) is 14.0. The van der Waals surface area contributed by atoms with Gasteiger partial charge in [0.05, 0.1) is 6.54 Å². The summed E-state index contributed by atoms with van der Waals surface area (Å²) in [6.45, 7) is 6.47. The Morgan fingerprint density at radius 3 is 2.89 bits per heavy atom. The molecule has 1 aromatic carbocycles. The molecule has 0 radical (unpaired) electrons. The fourth-order valence-corrected chi connectivity index (χ4v) is 3.01. The van der Waals surface area contributed by atoms with E-state index in [0.717, 1.165) is 19.3 Å². The standard InChI is InChI=1S/C16H23NO2/c1-4-12(3)17(10-16(18)19)15-8-7-13-6-5-11(2)9-14(13)15/h5-6,9,12,15H,4,7-8,10H2,1-3H3,(H,18,19). The highest BCUT2D eigenvalue weighted by Gasteiger charge is 2.31. The molecule has 2 atom stereocenters. The van der Waals surface area contributed by atoms with Gasteiger partial charge in [-0.05, 0) is 44.2 Å². The summed E-state index contributed by atoms with van der Waals surface area (Å²) in [7, 11) is 0. The molecule has 0 amide bonds. The van der Waals surface area contributed by atoms with Gasteiger partial charge in [-0.25, -0.2) is 0 Å². The lowest BCUT2D eigenvalue weighted by molar-refractivity contribution is -0.139. The molecular weight excluding hydrogens is 238 g/mol. The van der Waals surface area contributed by atoms with E-state index in [1.54, 1.807) is 0 Å². The summed E-state index contributed by atoms with van der Waals surface area (Å²) < 4.78 is 0. The van der Waals surface area contributed by atoms with E-state index < -0.39 is 5.97 Å². The number of hydrogen-bond acceptors (Lipinski definition) is 2. The number of nitrogens with zero attached hydrogens (tertiary/aromatic N) is 1. The van der Waals surface area contributed by atoms with Crippen molar-refractivity contribution in [3.05, 3.63) is 34.9 Å². The van der Waals surface area contributed by atoms with Gasteiger partial charge in [0.25, 0.3) is 0 Å². The van der Waals surface area contributed by atoms with Crippen molar-refractivity contribution in [1.82, 2.24) is 4.90 Å². The van der Waals surface area contributed by atoms with Crippen molar-refractivity contribution in [3.8, 4) is 0 Å². The number of carboxylic acids is 1. The second-order valence-corrected chi connectivity index (χ2v) is 5.58. The zero-order valence-corrected chi connectivity index (χ0v) is 12.0. The predicted molar refractivity (Wildman–Crippen MR) is 76.3 cm³/mol. The monoisotopic (exact) mass is 261 g/mol. The number of carbonyl (C=O) groups is 1. The number of hydrogen-bond donors (Lipinski definition) is 1. The highest BCUT2D eigenvalue weighted by molar-refractivity contribution is 5.69. The maximum atomic E-state index is 11.1. The summed E-state index contributed by atoms with van der Waals surface area (Å²) in [6, 6.07) is 7.13. The normalized spacial score (nSPS) is 19.5. The lowest BCUT2D eigenvalue weighted by atomic mass is 10.0. The number of carboxylic acid groups (broad SMARTS) is 1. The second kappa shape index (κ2) is 5.74. The predicted octanol–water partition coefficient (Wildman–Crippen LogP) is 3.17. The molecule has 19 heavy (non-hydrogen) atoms. The van der Waals surface area contributed by atoms with Crippen LogP contribution in [0.5, 0.6) is 0 Å². The van der Waals surface area contributed by atoms with Gasteiger partial charge < -0.3 is 5.11 Å². The molecule has 2 unspecified atom stereocenters. The lowest BCUT2D eigenvalue weighted by Gasteiger charge is -2.33. The summed E-state index contributed by atoms with van der Waals surface area (Å²) in [4.78, 5) is 13.3. The van der Waals surface area contributed by atoms with Gasteiger partial charge >= 0.3 is 5.97 Å². The van der Waals surface area contributed by atoms with Crippen molar-refractivity contribution in [3.63, 3.8) is 0 Å². The summed E-state index contributed by atoms with van der Waals surface area (Å²) in [5.74, 6) is -0.735. The van der Waals surface area contributed by atoms with Crippen LogP contribution in [-0.2, 0) is 11.2 Å². The Labute approximate surface area is 115 Å². The van der Waals surface area contributed by atoms with Crippen molar-refractivity contribution in [2.45, 2.75) is 52.1 Å². The molecule has 1 aliphatic rings. The van der Waals surface area contributed by atoms with Crippen molar-refractivity contribution < 1.29 is 9.90 Å². The summed E-state index contributed by atoms with van der Waals surface area (Å²) >= 11 is 0. The molecule has 1 N–H and O–H groups in total. The van der Waals surface area contributed by atoms with Crippen LogP contribution in [-0.4, -0.2) is 28.6 Å². The highest BCUT2D eigenvalue weighted by Crippen LogP contribution is 2.37. The average Bonchev–Trinajstić information content (AvgIpc) is 2.77. The highest BCUT2D eigenvalue weighted by atomic mass is 16.4. The number of aliphatic carboxylic acids is 1. The third-order valence-electron chi connectivity index (χ3n) is 4.22. The van der Waals surface area contributed by atoms with E-state index in [2.05, 4.69) is 43.9 Å².